The number of aromatic nitrogens is 1. The molecule has 2 nitrogen and oxygen atoms in total. The first-order chi connectivity index (χ1) is 9.11. The summed E-state index contributed by atoms with van der Waals surface area (Å²) in [6, 6.07) is 6.39. The van der Waals surface area contributed by atoms with E-state index < -0.39 is 11.9 Å². The lowest BCUT2D eigenvalue weighted by molar-refractivity contribution is 0.177. The largest absolute Gasteiger partial charge is 0.388 e. The standard InChI is InChI=1S/C15H15ClFNO/c1-2-11-9-18-6-5-12(11)15(19)8-10-3-4-13(16)14(17)7-10/h3-7,9,15,19H,2,8H2,1H3. The second kappa shape index (κ2) is 6.13. The molecule has 4 heteroatoms. The Morgan fingerprint density at radius 3 is 2.84 bits per heavy atom. The van der Waals surface area contributed by atoms with E-state index in [4.69, 9.17) is 11.6 Å². The third kappa shape index (κ3) is 3.31. The minimum absolute atomic E-state index is 0.0939. The maximum atomic E-state index is 13.4. The molecule has 1 aromatic heterocycles. The number of aliphatic hydroxyl groups is 1. The lowest BCUT2D eigenvalue weighted by Gasteiger charge is -2.14. The minimum atomic E-state index is -0.668. The van der Waals surface area contributed by atoms with Crippen LogP contribution in [-0.4, -0.2) is 10.1 Å². The fourth-order valence-corrected chi connectivity index (χ4v) is 2.18. The van der Waals surface area contributed by atoms with E-state index in [0.717, 1.165) is 17.5 Å². The fraction of sp³-hybridized carbons (Fsp3) is 0.267. The smallest absolute Gasteiger partial charge is 0.142 e. The maximum Gasteiger partial charge on any atom is 0.142 e. The normalized spacial score (nSPS) is 12.4. The summed E-state index contributed by atoms with van der Waals surface area (Å²) in [6.45, 7) is 2.01. The summed E-state index contributed by atoms with van der Waals surface area (Å²) in [6.07, 6.45) is 3.89. The quantitative estimate of drug-likeness (QED) is 0.925. The highest BCUT2D eigenvalue weighted by Gasteiger charge is 2.13. The van der Waals surface area contributed by atoms with Crippen LogP contribution in [0.3, 0.4) is 0 Å². The Balaban J connectivity index is 2.20. The number of aliphatic hydroxyl groups excluding tert-OH is 1. The van der Waals surface area contributed by atoms with Gasteiger partial charge in [0, 0.05) is 18.8 Å². The number of halogens is 2. The topological polar surface area (TPSA) is 33.1 Å². The molecule has 2 aromatic rings. The van der Waals surface area contributed by atoms with Gasteiger partial charge in [-0.25, -0.2) is 4.39 Å². The average Bonchev–Trinajstić information content (AvgIpc) is 2.43. The van der Waals surface area contributed by atoms with Crippen molar-refractivity contribution in [1.82, 2.24) is 4.98 Å². The van der Waals surface area contributed by atoms with Crippen LogP contribution in [0, 0.1) is 5.82 Å². The van der Waals surface area contributed by atoms with Crippen molar-refractivity contribution < 1.29 is 9.50 Å². The molecular formula is C15H15ClFNO. The van der Waals surface area contributed by atoms with Crippen LogP contribution >= 0.6 is 11.6 Å². The van der Waals surface area contributed by atoms with Gasteiger partial charge in [-0.15, -0.1) is 0 Å². The summed E-state index contributed by atoms with van der Waals surface area (Å²) < 4.78 is 13.4. The highest BCUT2D eigenvalue weighted by atomic mass is 35.5. The molecule has 0 saturated heterocycles. The number of hydrogen-bond acceptors (Lipinski definition) is 2. The van der Waals surface area contributed by atoms with Crippen LogP contribution in [0.4, 0.5) is 4.39 Å². The van der Waals surface area contributed by atoms with Gasteiger partial charge in [-0.2, -0.15) is 0 Å². The van der Waals surface area contributed by atoms with E-state index in [9.17, 15) is 9.50 Å². The molecule has 0 radical (unpaired) electrons. The molecule has 0 bridgehead atoms. The maximum absolute atomic E-state index is 13.4. The second-order valence-corrected chi connectivity index (χ2v) is 4.80. The monoisotopic (exact) mass is 279 g/mol. The number of aryl methyl sites for hydroxylation is 1. The molecule has 1 atom stereocenters. The van der Waals surface area contributed by atoms with Crippen LogP contribution in [-0.2, 0) is 12.8 Å². The predicted molar refractivity (Wildman–Crippen MR) is 73.7 cm³/mol. The highest BCUT2D eigenvalue weighted by molar-refractivity contribution is 6.30. The van der Waals surface area contributed by atoms with Crippen molar-refractivity contribution in [1.29, 1.82) is 0 Å². The van der Waals surface area contributed by atoms with Gasteiger partial charge in [0.1, 0.15) is 5.82 Å². The molecule has 1 N–H and O–H groups in total. The first-order valence-electron chi connectivity index (χ1n) is 6.16. The van der Waals surface area contributed by atoms with Crippen LogP contribution in [0.2, 0.25) is 5.02 Å². The van der Waals surface area contributed by atoms with Crippen molar-refractivity contribution in [2.24, 2.45) is 0 Å². The SMILES string of the molecule is CCc1cnccc1C(O)Cc1ccc(Cl)c(F)c1. The fourth-order valence-electron chi connectivity index (χ4n) is 2.06. The third-order valence-electron chi connectivity index (χ3n) is 3.09. The van der Waals surface area contributed by atoms with Crippen LogP contribution in [0.25, 0.3) is 0 Å². The van der Waals surface area contributed by atoms with Crippen molar-refractivity contribution in [3.05, 3.63) is 64.2 Å². The van der Waals surface area contributed by atoms with E-state index >= 15 is 0 Å². The van der Waals surface area contributed by atoms with Crippen molar-refractivity contribution in [3.63, 3.8) is 0 Å². The Hall–Kier alpha value is -1.45. The molecule has 19 heavy (non-hydrogen) atoms. The Morgan fingerprint density at radius 2 is 2.16 bits per heavy atom. The zero-order valence-corrected chi connectivity index (χ0v) is 11.4. The molecule has 0 fully saturated rings. The summed E-state index contributed by atoms with van der Waals surface area (Å²) in [5.74, 6) is -0.461. The van der Waals surface area contributed by atoms with E-state index in [1.54, 1.807) is 24.5 Å². The Morgan fingerprint density at radius 1 is 1.37 bits per heavy atom. The lowest BCUT2D eigenvalue weighted by Crippen LogP contribution is -2.05. The van der Waals surface area contributed by atoms with Gasteiger partial charge in [0.05, 0.1) is 11.1 Å². The molecule has 0 saturated carbocycles. The third-order valence-corrected chi connectivity index (χ3v) is 3.40. The summed E-state index contributed by atoms with van der Waals surface area (Å²) in [5, 5.41) is 10.4. The predicted octanol–water partition coefficient (Wildman–Crippen LogP) is 3.71. The molecule has 0 aliphatic carbocycles. The summed E-state index contributed by atoms with van der Waals surface area (Å²) in [7, 11) is 0. The van der Waals surface area contributed by atoms with E-state index in [2.05, 4.69) is 4.98 Å². The van der Waals surface area contributed by atoms with E-state index in [0.29, 0.717) is 12.0 Å². The molecule has 1 unspecified atom stereocenters. The van der Waals surface area contributed by atoms with Gasteiger partial charge in [-0.3, -0.25) is 4.98 Å². The van der Waals surface area contributed by atoms with E-state index in [-0.39, 0.29) is 5.02 Å². The number of pyridine rings is 1. The Labute approximate surface area is 116 Å². The summed E-state index contributed by atoms with van der Waals surface area (Å²) in [4.78, 5) is 4.04. The van der Waals surface area contributed by atoms with Crippen LogP contribution in [0.5, 0.6) is 0 Å². The van der Waals surface area contributed by atoms with Crippen molar-refractivity contribution in [2.75, 3.05) is 0 Å². The summed E-state index contributed by atoms with van der Waals surface area (Å²) in [5.41, 5.74) is 2.56. The van der Waals surface area contributed by atoms with Crippen molar-refractivity contribution in [2.45, 2.75) is 25.9 Å². The number of benzene rings is 1. The molecule has 0 aliphatic heterocycles. The molecule has 2 rings (SSSR count). The van der Waals surface area contributed by atoms with E-state index in [1.807, 2.05) is 6.92 Å². The lowest BCUT2D eigenvalue weighted by atomic mass is 9.97. The van der Waals surface area contributed by atoms with Gasteiger partial charge in [0.25, 0.3) is 0 Å². The Kier molecular flexibility index (Phi) is 4.51. The molecule has 1 heterocycles. The van der Waals surface area contributed by atoms with E-state index in [1.165, 1.54) is 12.1 Å². The van der Waals surface area contributed by atoms with Gasteiger partial charge in [0.15, 0.2) is 0 Å². The van der Waals surface area contributed by atoms with Crippen LogP contribution in [0.15, 0.2) is 36.7 Å². The number of nitrogens with zero attached hydrogens (tertiary/aromatic N) is 1. The zero-order valence-electron chi connectivity index (χ0n) is 10.6. The molecule has 1 aromatic carbocycles. The first kappa shape index (κ1) is 14.0. The highest BCUT2D eigenvalue weighted by Crippen LogP contribution is 2.23. The van der Waals surface area contributed by atoms with Gasteiger partial charge in [-0.05, 0) is 41.3 Å². The first-order valence-corrected chi connectivity index (χ1v) is 6.54. The summed E-state index contributed by atoms with van der Waals surface area (Å²) >= 11 is 5.64. The number of rotatable bonds is 4. The Bertz CT molecular complexity index is 574. The average molecular weight is 280 g/mol. The van der Waals surface area contributed by atoms with Crippen LogP contribution in [0.1, 0.15) is 29.7 Å². The minimum Gasteiger partial charge on any atom is -0.388 e. The van der Waals surface area contributed by atoms with Gasteiger partial charge in [0.2, 0.25) is 0 Å². The van der Waals surface area contributed by atoms with Gasteiger partial charge < -0.3 is 5.11 Å². The van der Waals surface area contributed by atoms with Gasteiger partial charge in [-0.1, -0.05) is 24.6 Å². The van der Waals surface area contributed by atoms with Gasteiger partial charge >= 0.3 is 0 Å². The molecular weight excluding hydrogens is 265 g/mol. The zero-order chi connectivity index (χ0) is 13.8. The van der Waals surface area contributed by atoms with Crippen molar-refractivity contribution >= 4 is 11.6 Å². The number of hydrogen-bond donors (Lipinski definition) is 1. The molecule has 0 aliphatic rings. The molecule has 100 valence electrons. The molecule has 0 spiro atoms. The second-order valence-electron chi connectivity index (χ2n) is 4.40. The molecule has 0 amide bonds. The van der Waals surface area contributed by atoms with Crippen molar-refractivity contribution in [3.8, 4) is 0 Å². The van der Waals surface area contributed by atoms with Crippen LogP contribution < -0.4 is 0 Å².